The smallest absolute Gasteiger partial charge is 0.223 e. The SMILES string of the molecule is Cc1nccn1-c1cc(CNC(=O)C2CCN(Cc3nccn3C)CC2)ccn1. The van der Waals surface area contributed by atoms with Crippen LogP contribution >= 0.6 is 0 Å². The molecule has 1 amide bonds. The molecule has 8 nitrogen and oxygen atoms in total. The summed E-state index contributed by atoms with van der Waals surface area (Å²) in [5, 5.41) is 3.10. The average molecular weight is 393 g/mol. The Kier molecular flexibility index (Phi) is 5.71. The molecule has 0 spiro atoms. The number of carbonyl (C=O) groups excluding carboxylic acids is 1. The number of aromatic nitrogens is 5. The van der Waals surface area contributed by atoms with E-state index in [0.29, 0.717) is 6.54 Å². The number of pyridine rings is 1. The maximum Gasteiger partial charge on any atom is 0.223 e. The highest BCUT2D eigenvalue weighted by Gasteiger charge is 2.25. The summed E-state index contributed by atoms with van der Waals surface area (Å²) in [7, 11) is 2.02. The summed E-state index contributed by atoms with van der Waals surface area (Å²) >= 11 is 0. The standard InChI is InChI=1S/C21H27N7O/c1-16-22-8-12-28(16)19-13-17(3-6-23-19)14-25-21(29)18-4-9-27(10-5-18)15-20-24-7-11-26(20)2/h3,6-8,11-13,18H,4-5,9-10,14-15H2,1-2H3,(H,25,29). The molecule has 0 radical (unpaired) electrons. The van der Waals surface area contributed by atoms with Crippen molar-refractivity contribution in [2.45, 2.75) is 32.9 Å². The van der Waals surface area contributed by atoms with E-state index in [0.717, 1.165) is 55.5 Å². The molecule has 152 valence electrons. The first kappa shape index (κ1) is 19.3. The minimum atomic E-state index is 0.0739. The van der Waals surface area contributed by atoms with Gasteiger partial charge in [-0.05, 0) is 50.6 Å². The normalized spacial score (nSPS) is 15.5. The second kappa shape index (κ2) is 8.57. The summed E-state index contributed by atoms with van der Waals surface area (Å²) in [5.74, 6) is 2.98. The summed E-state index contributed by atoms with van der Waals surface area (Å²) in [6, 6.07) is 3.93. The molecule has 3 aromatic rings. The fourth-order valence-corrected chi connectivity index (χ4v) is 3.76. The first-order valence-corrected chi connectivity index (χ1v) is 10.0. The Morgan fingerprint density at radius 3 is 2.62 bits per heavy atom. The van der Waals surface area contributed by atoms with Crippen LogP contribution in [-0.2, 0) is 24.9 Å². The van der Waals surface area contributed by atoms with Crippen LogP contribution in [0.25, 0.3) is 5.82 Å². The number of hydrogen-bond donors (Lipinski definition) is 1. The van der Waals surface area contributed by atoms with Crippen molar-refractivity contribution < 1.29 is 4.79 Å². The molecule has 0 atom stereocenters. The zero-order valence-electron chi connectivity index (χ0n) is 17.0. The Bertz CT molecular complexity index is 969. The Balaban J connectivity index is 1.27. The molecule has 0 bridgehead atoms. The fourth-order valence-electron chi connectivity index (χ4n) is 3.76. The van der Waals surface area contributed by atoms with Crippen LogP contribution in [0.5, 0.6) is 0 Å². The molecule has 1 N–H and O–H groups in total. The molecule has 3 aromatic heterocycles. The summed E-state index contributed by atoms with van der Waals surface area (Å²) in [5.41, 5.74) is 1.03. The van der Waals surface area contributed by atoms with Gasteiger partial charge in [0.25, 0.3) is 0 Å². The lowest BCUT2D eigenvalue weighted by molar-refractivity contribution is -0.126. The topological polar surface area (TPSA) is 80.9 Å². The number of nitrogens with zero attached hydrogens (tertiary/aromatic N) is 6. The highest BCUT2D eigenvalue weighted by Crippen LogP contribution is 2.19. The first-order chi connectivity index (χ1) is 14.1. The van der Waals surface area contributed by atoms with Crippen LogP contribution in [0.4, 0.5) is 0 Å². The molecule has 0 aliphatic carbocycles. The third kappa shape index (κ3) is 4.54. The lowest BCUT2D eigenvalue weighted by atomic mass is 9.96. The second-order valence-corrected chi connectivity index (χ2v) is 7.59. The van der Waals surface area contributed by atoms with Gasteiger partial charge >= 0.3 is 0 Å². The molecule has 1 aliphatic heterocycles. The highest BCUT2D eigenvalue weighted by molar-refractivity contribution is 5.78. The van der Waals surface area contributed by atoms with Gasteiger partial charge in [0, 0.05) is 50.5 Å². The summed E-state index contributed by atoms with van der Waals surface area (Å²) in [4.78, 5) is 28.0. The van der Waals surface area contributed by atoms with E-state index in [1.54, 1.807) is 12.4 Å². The number of imidazole rings is 2. The predicted octanol–water partition coefficient (Wildman–Crippen LogP) is 1.84. The maximum atomic E-state index is 12.6. The molecule has 0 unspecified atom stereocenters. The zero-order chi connectivity index (χ0) is 20.2. The summed E-state index contributed by atoms with van der Waals surface area (Å²) in [6.45, 7) is 5.13. The lowest BCUT2D eigenvalue weighted by Gasteiger charge is -2.31. The van der Waals surface area contributed by atoms with Crippen LogP contribution in [-0.4, -0.2) is 48.0 Å². The van der Waals surface area contributed by atoms with Crippen molar-refractivity contribution in [2.75, 3.05) is 13.1 Å². The zero-order valence-corrected chi connectivity index (χ0v) is 17.0. The van der Waals surface area contributed by atoms with E-state index < -0.39 is 0 Å². The van der Waals surface area contributed by atoms with Crippen LogP contribution < -0.4 is 5.32 Å². The number of likely N-dealkylation sites (tertiary alicyclic amines) is 1. The number of carbonyl (C=O) groups is 1. The first-order valence-electron chi connectivity index (χ1n) is 10.0. The number of hydrogen-bond acceptors (Lipinski definition) is 5. The van der Waals surface area contributed by atoms with Gasteiger partial charge in [0.2, 0.25) is 5.91 Å². The van der Waals surface area contributed by atoms with Gasteiger partial charge in [0.1, 0.15) is 17.5 Å². The van der Waals surface area contributed by atoms with Crippen molar-refractivity contribution in [3.8, 4) is 5.82 Å². The van der Waals surface area contributed by atoms with Crippen LogP contribution in [0.3, 0.4) is 0 Å². The molecule has 29 heavy (non-hydrogen) atoms. The largest absolute Gasteiger partial charge is 0.352 e. The van der Waals surface area contributed by atoms with Gasteiger partial charge in [-0.3, -0.25) is 14.3 Å². The van der Waals surface area contributed by atoms with E-state index in [4.69, 9.17) is 0 Å². The van der Waals surface area contributed by atoms with E-state index in [-0.39, 0.29) is 11.8 Å². The molecule has 0 saturated carbocycles. The molecule has 0 aromatic carbocycles. The predicted molar refractivity (Wildman–Crippen MR) is 109 cm³/mol. The number of amides is 1. The molecule has 1 aliphatic rings. The van der Waals surface area contributed by atoms with Crippen molar-refractivity contribution in [3.05, 3.63) is 60.3 Å². The summed E-state index contributed by atoms with van der Waals surface area (Å²) in [6.07, 6.45) is 11.0. The second-order valence-electron chi connectivity index (χ2n) is 7.59. The minimum absolute atomic E-state index is 0.0739. The third-order valence-corrected chi connectivity index (χ3v) is 5.59. The summed E-state index contributed by atoms with van der Waals surface area (Å²) < 4.78 is 3.98. The molecule has 8 heteroatoms. The van der Waals surface area contributed by atoms with E-state index in [9.17, 15) is 4.79 Å². The number of aryl methyl sites for hydroxylation is 2. The van der Waals surface area contributed by atoms with Crippen LogP contribution in [0.2, 0.25) is 0 Å². The van der Waals surface area contributed by atoms with E-state index in [1.165, 1.54) is 0 Å². The molecular weight excluding hydrogens is 366 g/mol. The Hall–Kier alpha value is -3.00. The van der Waals surface area contributed by atoms with Gasteiger partial charge in [0.05, 0.1) is 6.54 Å². The van der Waals surface area contributed by atoms with Crippen LogP contribution in [0, 0.1) is 12.8 Å². The quantitative estimate of drug-likeness (QED) is 0.691. The Morgan fingerprint density at radius 1 is 1.14 bits per heavy atom. The van der Waals surface area contributed by atoms with Gasteiger partial charge in [-0.1, -0.05) is 0 Å². The maximum absolute atomic E-state index is 12.6. The minimum Gasteiger partial charge on any atom is -0.352 e. The van der Waals surface area contributed by atoms with Gasteiger partial charge in [0.15, 0.2) is 0 Å². The third-order valence-electron chi connectivity index (χ3n) is 5.59. The molecular formula is C21H27N7O. The van der Waals surface area contributed by atoms with Crippen molar-refractivity contribution in [1.82, 2.24) is 34.3 Å². The van der Waals surface area contributed by atoms with Gasteiger partial charge in [-0.2, -0.15) is 0 Å². The van der Waals surface area contributed by atoms with Crippen molar-refractivity contribution in [3.63, 3.8) is 0 Å². The lowest BCUT2D eigenvalue weighted by Crippen LogP contribution is -2.40. The monoisotopic (exact) mass is 393 g/mol. The van der Waals surface area contributed by atoms with Crippen molar-refractivity contribution >= 4 is 5.91 Å². The number of rotatable bonds is 6. The number of nitrogens with one attached hydrogen (secondary N) is 1. The molecule has 1 saturated heterocycles. The fraction of sp³-hybridized carbons (Fsp3) is 0.429. The van der Waals surface area contributed by atoms with Gasteiger partial charge in [-0.25, -0.2) is 15.0 Å². The molecule has 4 heterocycles. The van der Waals surface area contributed by atoms with Gasteiger partial charge < -0.3 is 9.88 Å². The van der Waals surface area contributed by atoms with E-state index in [2.05, 4.69) is 25.2 Å². The van der Waals surface area contributed by atoms with Gasteiger partial charge in [-0.15, -0.1) is 0 Å². The highest BCUT2D eigenvalue weighted by atomic mass is 16.1. The van der Waals surface area contributed by atoms with Crippen molar-refractivity contribution in [2.24, 2.45) is 13.0 Å². The number of piperidine rings is 1. The van der Waals surface area contributed by atoms with Crippen molar-refractivity contribution in [1.29, 1.82) is 0 Å². The average Bonchev–Trinajstić information content (AvgIpc) is 3.35. The van der Waals surface area contributed by atoms with Crippen LogP contribution in [0.1, 0.15) is 30.1 Å². The molecule has 4 rings (SSSR count). The van der Waals surface area contributed by atoms with E-state index in [1.807, 2.05) is 53.8 Å². The Labute approximate surface area is 170 Å². The Morgan fingerprint density at radius 2 is 1.93 bits per heavy atom. The van der Waals surface area contributed by atoms with Crippen LogP contribution in [0.15, 0.2) is 43.1 Å². The van der Waals surface area contributed by atoms with E-state index >= 15 is 0 Å². The molecule has 1 fully saturated rings.